The first kappa shape index (κ1) is 12.8. The molecule has 0 aliphatic carbocycles. The van der Waals surface area contributed by atoms with Gasteiger partial charge in [-0.3, -0.25) is 4.57 Å². The van der Waals surface area contributed by atoms with Crippen LogP contribution in [0.3, 0.4) is 0 Å². The summed E-state index contributed by atoms with van der Waals surface area (Å²) in [5.74, 6) is 0.964. The largest absolute Gasteiger partial charge is 0.330 e. The lowest BCUT2D eigenvalue weighted by Gasteiger charge is -2.10. The van der Waals surface area contributed by atoms with Crippen molar-refractivity contribution in [2.24, 2.45) is 5.73 Å². The minimum Gasteiger partial charge on any atom is -0.330 e. The van der Waals surface area contributed by atoms with E-state index in [-0.39, 0.29) is 0 Å². The highest BCUT2D eigenvalue weighted by Gasteiger charge is 2.13. The molecule has 4 nitrogen and oxygen atoms in total. The number of rotatable bonds is 3. The van der Waals surface area contributed by atoms with E-state index in [2.05, 4.69) is 46.6 Å². The molecule has 102 valence electrons. The number of imidazole rings is 1. The average molecular weight is 266 g/mol. The van der Waals surface area contributed by atoms with Gasteiger partial charge in [0, 0.05) is 18.3 Å². The third-order valence-electron chi connectivity index (χ3n) is 3.32. The lowest BCUT2D eigenvalue weighted by molar-refractivity contribution is 0.843. The standard InChI is InChI=1S/C16H18N4/c1-11-8-12(2)10-13(9-11)20-15(5-6-17)19-14-4-3-7-18-16(14)20/h3-4,7-10H,5-6,17H2,1-2H3. The normalized spacial score (nSPS) is 11.2. The van der Waals surface area contributed by atoms with Gasteiger partial charge in [-0.1, -0.05) is 6.07 Å². The number of hydrogen-bond acceptors (Lipinski definition) is 3. The second kappa shape index (κ2) is 5.06. The van der Waals surface area contributed by atoms with Crippen molar-refractivity contribution in [3.8, 4) is 5.69 Å². The smallest absolute Gasteiger partial charge is 0.164 e. The number of benzene rings is 1. The zero-order valence-electron chi connectivity index (χ0n) is 11.8. The maximum absolute atomic E-state index is 5.72. The van der Waals surface area contributed by atoms with E-state index < -0.39 is 0 Å². The molecule has 0 aliphatic heterocycles. The van der Waals surface area contributed by atoms with Crippen LogP contribution in [0.25, 0.3) is 16.9 Å². The molecule has 0 fully saturated rings. The molecule has 0 atom stereocenters. The summed E-state index contributed by atoms with van der Waals surface area (Å²) in [5, 5.41) is 0. The molecule has 3 aromatic rings. The molecule has 0 amide bonds. The molecule has 4 heteroatoms. The molecule has 0 saturated heterocycles. The van der Waals surface area contributed by atoms with Crippen molar-refractivity contribution in [1.29, 1.82) is 0 Å². The van der Waals surface area contributed by atoms with Crippen molar-refractivity contribution in [3.05, 3.63) is 53.5 Å². The number of fused-ring (bicyclic) bond motifs is 1. The Morgan fingerprint density at radius 1 is 1.15 bits per heavy atom. The molecule has 20 heavy (non-hydrogen) atoms. The van der Waals surface area contributed by atoms with Crippen LogP contribution < -0.4 is 5.73 Å². The molecule has 3 rings (SSSR count). The van der Waals surface area contributed by atoms with Crippen molar-refractivity contribution in [3.63, 3.8) is 0 Å². The van der Waals surface area contributed by atoms with Gasteiger partial charge in [-0.2, -0.15) is 0 Å². The van der Waals surface area contributed by atoms with E-state index in [0.29, 0.717) is 6.54 Å². The molecule has 0 bridgehead atoms. The number of hydrogen-bond donors (Lipinski definition) is 1. The SMILES string of the molecule is Cc1cc(C)cc(-n2c(CCN)nc3cccnc32)c1. The molecule has 0 aliphatic rings. The summed E-state index contributed by atoms with van der Waals surface area (Å²) in [6.45, 7) is 4.78. The summed E-state index contributed by atoms with van der Waals surface area (Å²) in [7, 11) is 0. The van der Waals surface area contributed by atoms with E-state index in [0.717, 1.165) is 29.1 Å². The van der Waals surface area contributed by atoms with Crippen LogP contribution in [-0.2, 0) is 6.42 Å². The van der Waals surface area contributed by atoms with Crippen LogP contribution >= 0.6 is 0 Å². The average Bonchev–Trinajstić information content (AvgIpc) is 2.76. The van der Waals surface area contributed by atoms with Gasteiger partial charge in [-0.05, 0) is 55.8 Å². The van der Waals surface area contributed by atoms with E-state index in [1.54, 1.807) is 6.20 Å². The predicted molar refractivity (Wildman–Crippen MR) is 81.1 cm³/mol. The third kappa shape index (κ3) is 2.18. The quantitative estimate of drug-likeness (QED) is 0.792. The molecule has 0 unspecified atom stereocenters. The van der Waals surface area contributed by atoms with Gasteiger partial charge >= 0.3 is 0 Å². The minimum atomic E-state index is 0.577. The van der Waals surface area contributed by atoms with Gasteiger partial charge in [0.1, 0.15) is 11.3 Å². The van der Waals surface area contributed by atoms with Crippen molar-refractivity contribution in [1.82, 2.24) is 14.5 Å². The summed E-state index contributed by atoms with van der Waals surface area (Å²) >= 11 is 0. The number of aryl methyl sites for hydroxylation is 2. The highest BCUT2D eigenvalue weighted by atomic mass is 15.1. The Bertz CT molecular complexity index is 738. The number of aromatic nitrogens is 3. The Morgan fingerprint density at radius 3 is 2.60 bits per heavy atom. The molecular weight excluding hydrogens is 248 g/mol. The predicted octanol–water partition coefficient (Wildman–Crippen LogP) is 2.54. The van der Waals surface area contributed by atoms with Crippen LogP contribution in [0.4, 0.5) is 0 Å². The summed E-state index contributed by atoms with van der Waals surface area (Å²) < 4.78 is 2.11. The fourth-order valence-electron chi connectivity index (χ4n) is 2.61. The Labute approximate surface area is 118 Å². The number of nitrogens with two attached hydrogens (primary N) is 1. The van der Waals surface area contributed by atoms with Crippen LogP contribution in [0, 0.1) is 13.8 Å². The van der Waals surface area contributed by atoms with E-state index in [1.807, 2.05) is 12.1 Å². The first-order chi connectivity index (χ1) is 9.69. The Morgan fingerprint density at radius 2 is 1.90 bits per heavy atom. The summed E-state index contributed by atoms with van der Waals surface area (Å²) in [4.78, 5) is 9.14. The molecule has 1 aromatic carbocycles. The maximum atomic E-state index is 5.72. The zero-order valence-corrected chi connectivity index (χ0v) is 11.8. The van der Waals surface area contributed by atoms with E-state index in [1.165, 1.54) is 11.1 Å². The first-order valence-electron chi connectivity index (χ1n) is 6.80. The lowest BCUT2D eigenvalue weighted by atomic mass is 10.1. The molecule has 0 spiro atoms. The molecule has 2 N–H and O–H groups in total. The summed E-state index contributed by atoms with van der Waals surface area (Å²) in [6.07, 6.45) is 2.54. The summed E-state index contributed by atoms with van der Waals surface area (Å²) in [6, 6.07) is 10.4. The van der Waals surface area contributed by atoms with Gasteiger partial charge in [0.05, 0.1) is 0 Å². The van der Waals surface area contributed by atoms with Crippen LogP contribution in [0.5, 0.6) is 0 Å². The maximum Gasteiger partial charge on any atom is 0.164 e. The monoisotopic (exact) mass is 266 g/mol. The first-order valence-corrected chi connectivity index (χ1v) is 6.80. The van der Waals surface area contributed by atoms with Gasteiger partial charge in [-0.15, -0.1) is 0 Å². The Kier molecular flexibility index (Phi) is 3.24. The zero-order chi connectivity index (χ0) is 14.1. The van der Waals surface area contributed by atoms with Gasteiger partial charge in [0.25, 0.3) is 0 Å². The third-order valence-corrected chi connectivity index (χ3v) is 3.32. The van der Waals surface area contributed by atoms with Gasteiger partial charge in [0.2, 0.25) is 0 Å². The summed E-state index contributed by atoms with van der Waals surface area (Å²) in [5.41, 5.74) is 11.1. The van der Waals surface area contributed by atoms with Gasteiger partial charge in [-0.25, -0.2) is 9.97 Å². The van der Waals surface area contributed by atoms with E-state index in [9.17, 15) is 0 Å². The van der Waals surface area contributed by atoms with Crippen LogP contribution in [0.2, 0.25) is 0 Å². The lowest BCUT2D eigenvalue weighted by Crippen LogP contribution is -2.09. The van der Waals surface area contributed by atoms with Crippen molar-refractivity contribution < 1.29 is 0 Å². The fraction of sp³-hybridized carbons (Fsp3) is 0.250. The fourth-order valence-corrected chi connectivity index (χ4v) is 2.61. The highest BCUT2D eigenvalue weighted by molar-refractivity contribution is 5.74. The van der Waals surface area contributed by atoms with Crippen molar-refractivity contribution in [2.75, 3.05) is 6.54 Å². The Hall–Kier alpha value is -2.20. The second-order valence-electron chi connectivity index (χ2n) is 5.09. The molecular formula is C16H18N4. The molecule has 2 heterocycles. The van der Waals surface area contributed by atoms with Crippen LogP contribution in [0.15, 0.2) is 36.5 Å². The topological polar surface area (TPSA) is 56.7 Å². The molecule has 2 aromatic heterocycles. The number of nitrogens with zero attached hydrogens (tertiary/aromatic N) is 3. The highest BCUT2D eigenvalue weighted by Crippen LogP contribution is 2.22. The van der Waals surface area contributed by atoms with E-state index in [4.69, 9.17) is 5.73 Å². The molecule has 0 radical (unpaired) electrons. The van der Waals surface area contributed by atoms with Crippen molar-refractivity contribution in [2.45, 2.75) is 20.3 Å². The van der Waals surface area contributed by atoms with Gasteiger partial charge in [0.15, 0.2) is 5.65 Å². The Balaban J connectivity index is 2.29. The van der Waals surface area contributed by atoms with Gasteiger partial charge < -0.3 is 5.73 Å². The molecule has 0 saturated carbocycles. The van der Waals surface area contributed by atoms with E-state index >= 15 is 0 Å². The van der Waals surface area contributed by atoms with Crippen LogP contribution in [0.1, 0.15) is 17.0 Å². The minimum absolute atomic E-state index is 0.577. The van der Waals surface area contributed by atoms with Crippen molar-refractivity contribution >= 4 is 11.2 Å². The second-order valence-corrected chi connectivity index (χ2v) is 5.09. The number of pyridine rings is 1. The van der Waals surface area contributed by atoms with Crippen LogP contribution in [-0.4, -0.2) is 21.1 Å².